The van der Waals surface area contributed by atoms with Gasteiger partial charge in [-0.25, -0.2) is 9.97 Å². The molecule has 0 fully saturated rings. The number of aromatic nitrogens is 3. The number of nitrogens with zero attached hydrogens (tertiary/aromatic N) is 3. The van der Waals surface area contributed by atoms with Crippen LogP contribution in [-0.4, -0.2) is 14.5 Å². The molecule has 3 heterocycles. The normalized spacial score (nSPS) is 13.3. The molecule has 5 heteroatoms. The molecule has 0 spiro atoms. The summed E-state index contributed by atoms with van der Waals surface area (Å²) in [6.45, 7) is 0.755. The fourth-order valence-corrected chi connectivity index (χ4v) is 4.41. The molecule has 4 nitrogen and oxygen atoms in total. The lowest BCUT2D eigenvalue weighted by Crippen LogP contribution is -2.20. The molecule has 122 valence electrons. The lowest BCUT2D eigenvalue weighted by atomic mass is 10.0. The van der Waals surface area contributed by atoms with Gasteiger partial charge in [-0.05, 0) is 17.5 Å². The molecule has 0 aliphatic carbocycles. The van der Waals surface area contributed by atoms with Gasteiger partial charge >= 0.3 is 0 Å². The third-order valence-electron chi connectivity index (χ3n) is 4.62. The van der Waals surface area contributed by atoms with Crippen molar-refractivity contribution < 1.29 is 0 Å². The summed E-state index contributed by atoms with van der Waals surface area (Å²) in [6.07, 6.45) is 1.86. The first-order chi connectivity index (χ1) is 12.3. The van der Waals surface area contributed by atoms with Gasteiger partial charge in [0.05, 0.1) is 0 Å². The van der Waals surface area contributed by atoms with Gasteiger partial charge < -0.3 is 0 Å². The minimum atomic E-state index is -0.00260. The van der Waals surface area contributed by atoms with Crippen molar-refractivity contribution in [1.82, 2.24) is 14.5 Å². The van der Waals surface area contributed by atoms with Crippen LogP contribution < -0.4 is 5.56 Å². The van der Waals surface area contributed by atoms with E-state index in [1.165, 1.54) is 11.3 Å². The Kier molecular flexibility index (Phi) is 3.28. The minimum absolute atomic E-state index is 0.00260. The van der Waals surface area contributed by atoms with Crippen LogP contribution in [-0.2, 0) is 13.0 Å². The topological polar surface area (TPSA) is 47.8 Å². The molecule has 0 saturated carbocycles. The maximum atomic E-state index is 12.7. The third-order valence-corrected chi connectivity index (χ3v) is 5.61. The van der Waals surface area contributed by atoms with Crippen molar-refractivity contribution in [3.05, 3.63) is 70.8 Å². The summed E-state index contributed by atoms with van der Waals surface area (Å²) in [5.74, 6) is 0.893. The number of aryl methyl sites for hydroxylation is 1. The highest BCUT2D eigenvalue weighted by atomic mass is 32.1. The van der Waals surface area contributed by atoms with Crippen molar-refractivity contribution in [1.29, 1.82) is 0 Å². The third kappa shape index (κ3) is 2.31. The number of hydrogen-bond acceptors (Lipinski definition) is 4. The molecular weight excluding hydrogens is 330 g/mol. The van der Waals surface area contributed by atoms with Crippen LogP contribution >= 0.6 is 11.3 Å². The summed E-state index contributed by atoms with van der Waals surface area (Å²) in [4.78, 5) is 22.8. The Morgan fingerprint density at radius 1 is 0.920 bits per heavy atom. The van der Waals surface area contributed by atoms with Crippen LogP contribution in [0, 0.1) is 0 Å². The van der Waals surface area contributed by atoms with Gasteiger partial charge in [-0.2, -0.15) is 0 Å². The van der Waals surface area contributed by atoms with Crippen LogP contribution in [0.1, 0.15) is 12.2 Å². The number of rotatable bonds is 2. The second-order valence-electron chi connectivity index (χ2n) is 6.17. The number of fused-ring (bicyclic) bond motifs is 2. The zero-order chi connectivity index (χ0) is 16.8. The van der Waals surface area contributed by atoms with Gasteiger partial charge in [0, 0.05) is 18.5 Å². The fraction of sp³-hybridized carbons (Fsp3) is 0.150. The quantitative estimate of drug-likeness (QED) is 0.549. The average Bonchev–Trinajstić information content (AvgIpc) is 3.30. The molecule has 0 bridgehead atoms. The molecule has 4 aromatic rings. The van der Waals surface area contributed by atoms with E-state index in [0.29, 0.717) is 5.52 Å². The molecule has 2 aromatic heterocycles. The van der Waals surface area contributed by atoms with E-state index in [-0.39, 0.29) is 5.56 Å². The maximum absolute atomic E-state index is 12.7. The van der Waals surface area contributed by atoms with E-state index < -0.39 is 0 Å². The van der Waals surface area contributed by atoms with Crippen LogP contribution in [0.15, 0.2) is 59.4 Å². The molecular formula is C20H15N3OS. The van der Waals surface area contributed by atoms with Crippen LogP contribution in [0.2, 0.25) is 0 Å². The largest absolute Gasteiger partial charge is 0.295 e. The van der Waals surface area contributed by atoms with Crippen molar-refractivity contribution in [2.45, 2.75) is 19.4 Å². The van der Waals surface area contributed by atoms with Crippen molar-refractivity contribution >= 4 is 21.7 Å². The monoisotopic (exact) mass is 345 g/mol. The maximum Gasteiger partial charge on any atom is 0.280 e. The fourth-order valence-electron chi connectivity index (χ4n) is 3.42. The number of hydrogen-bond donors (Lipinski definition) is 0. The molecule has 0 N–H and O–H groups in total. The lowest BCUT2D eigenvalue weighted by Gasteiger charge is -2.06. The lowest BCUT2D eigenvalue weighted by molar-refractivity contribution is 0.718. The van der Waals surface area contributed by atoms with Gasteiger partial charge in [0.1, 0.15) is 10.8 Å². The Morgan fingerprint density at radius 2 is 1.68 bits per heavy atom. The summed E-state index contributed by atoms with van der Waals surface area (Å²) in [7, 11) is 0. The van der Waals surface area contributed by atoms with Gasteiger partial charge in [0.25, 0.3) is 5.56 Å². The van der Waals surface area contributed by atoms with Crippen molar-refractivity contribution in [3.63, 3.8) is 0 Å². The Hall–Kier alpha value is -2.79. The van der Waals surface area contributed by atoms with Crippen molar-refractivity contribution in [3.8, 4) is 21.7 Å². The minimum Gasteiger partial charge on any atom is -0.295 e. The van der Waals surface area contributed by atoms with Gasteiger partial charge in [-0.15, -0.1) is 0 Å². The molecule has 0 atom stereocenters. The Morgan fingerprint density at radius 3 is 2.52 bits per heavy atom. The number of thiazole rings is 1. The zero-order valence-corrected chi connectivity index (χ0v) is 14.3. The zero-order valence-electron chi connectivity index (χ0n) is 13.5. The highest BCUT2D eigenvalue weighted by molar-refractivity contribution is 7.21. The summed E-state index contributed by atoms with van der Waals surface area (Å²) in [6, 6.07) is 18.4. The van der Waals surface area contributed by atoms with E-state index in [4.69, 9.17) is 0 Å². The smallest absolute Gasteiger partial charge is 0.280 e. The highest BCUT2D eigenvalue weighted by Gasteiger charge is 2.20. The molecule has 0 radical (unpaired) electrons. The first-order valence-electron chi connectivity index (χ1n) is 8.36. The summed E-state index contributed by atoms with van der Waals surface area (Å²) >= 11 is 1.50. The summed E-state index contributed by atoms with van der Waals surface area (Å²) in [5.41, 5.74) is 3.80. The van der Waals surface area contributed by atoms with Crippen LogP contribution in [0.5, 0.6) is 0 Å². The van der Waals surface area contributed by atoms with Crippen LogP contribution in [0.4, 0.5) is 0 Å². The summed E-state index contributed by atoms with van der Waals surface area (Å²) in [5, 5.41) is 0.850. The van der Waals surface area contributed by atoms with Gasteiger partial charge in [-0.1, -0.05) is 65.9 Å². The van der Waals surface area contributed by atoms with E-state index >= 15 is 0 Å². The van der Waals surface area contributed by atoms with E-state index in [1.807, 2.05) is 30.3 Å². The molecule has 1 aliphatic heterocycles. The molecule has 0 amide bonds. The standard InChI is InChI=1S/C20H15N3OS/c24-20-17-19(21-16-11-6-12-23(16)20)25-18(22-17)15-10-5-4-9-14(15)13-7-2-1-3-8-13/h1-5,7-10H,6,11-12H2. The average molecular weight is 345 g/mol. The predicted molar refractivity (Wildman–Crippen MR) is 101 cm³/mol. The first kappa shape index (κ1) is 14.5. The van der Waals surface area contributed by atoms with E-state index in [1.54, 1.807) is 4.57 Å². The van der Waals surface area contributed by atoms with Crippen LogP contribution in [0.25, 0.3) is 32.0 Å². The summed E-state index contributed by atoms with van der Waals surface area (Å²) < 4.78 is 1.77. The molecule has 1 aliphatic rings. The Labute approximate surface area is 148 Å². The van der Waals surface area contributed by atoms with Gasteiger partial charge in [0.15, 0.2) is 10.3 Å². The first-order valence-corrected chi connectivity index (χ1v) is 9.18. The number of benzene rings is 2. The Bertz CT molecular complexity index is 1140. The van der Waals surface area contributed by atoms with E-state index in [0.717, 1.165) is 51.7 Å². The van der Waals surface area contributed by atoms with Gasteiger partial charge in [0.2, 0.25) is 0 Å². The van der Waals surface area contributed by atoms with Crippen molar-refractivity contribution in [2.75, 3.05) is 0 Å². The van der Waals surface area contributed by atoms with E-state index in [9.17, 15) is 4.79 Å². The predicted octanol–water partition coefficient (Wildman–Crippen LogP) is 4.13. The molecule has 0 saturated heterocycles. The van der Waals surface area contributed by atoms with Crippen LogP contribution in [0.3, 0.4) is 0 Å². The SMILES string of the molecule is O=c1c2nc(-c3ccccc3-c3ccccc3)sc2nc2n1CCC2. The molecule has 5 rings (SSSR count). The molecule has 2 aromatic carbocycles. The van der Waals surface area contributed by atoms with Gasteiger partial charge in [-0.3, -0.25) is 9.36 Å². The van der Waals surface area contributed by atoms with Crippen molar-refractivity contribution in [2.24, 2.45) is 0 Å². The van der Waals surface area contributed by atoms with E-state index in [2.05, 4.69) is 34.2 Å². The molecule has 25 heavy (non-hydrogen) atoms. The second kappa shape index (κ2) is 5.63. The second-order valence-corrected chi connectivity index (χ2v) is 7.15. The Balaban J connectivity index is 1.73. The highest BCUT2D eigenvalue weighted by Crippen LogP contribution is 2.35. The molecule has 0 unspecified atom stereocenters.